The minimum absolute atomic E-state index is 0.382. The summed E-state index contributed by atoms with van der Waals surface area (Å²) in [6.07, 6.45) is 5.20. The lowest BCUT2D eigenvalue weighted by atomic mass is 10.2. The first-order chi connectivity index (χ1) is 7.81. The predicted octanol–water partition coefficient (Wildman–Crippen LogP) is 2.02. The Balaban J connectivity index is 2.26. The molecule has 4 nitrogen and oxygen atoms in total. The van der Waals surface area contributed by atoms with E-state index >= 15 is 0 Å². The Hall–Kier alpha value is -2.19. The minimum Gasteiger partial charge on any atom is -0.304 e. The van der Waals surface area contributed by atoms with Gasteiger partial charge in [-0.25, -0.2) is 14.8 Å². The zero-order valence-corrected chi connectivity index (χ0v) is 8.92. The first kappa shape index (κ1) is 10.3. The van der Waals surface area contributed by atoms with Crippen LogP contribution in [-0.2, 0) is 11.3 Å². The summed E-state index contributed by atoms with van der Waals surface area (Å²) in [7, 11) is 0. The van der Waals surface area contributed by atoms with E-state index in [4.69, 9.17) is 0 Å². The first-order valence-electron chi connectivity index (χ1n) is 4.94. The van der Waals surface area contributed by atoms with Crippen LogP contribution in [0, 0.1) is 6.92 Å². The van der Waals surface area contributed by atoms with Crippen molar-refractivity contribution >= 4 is 6.08 Å². The van der Waals surface area contributed by atoms with Gasteiger partial charge in [0.25, 0.3) is 0 Å². The molecular weight excluding hydrogens is 202 g/mol. The second-order valence-electron chi connectivity index (χ2n) is 3.42. The number of hydrogen-bond acceptors (Lipinski definition) is 3. The van der Waals surface area contributed by atoms with Crippen molar-refractivity contribution in [1.29, 1.82) is 0 Å². The number of aromatic nitrogens is 2. The summed E-state index contributed by atoms with van der Waals surface area (Å²) in [5.74, 6) is 0.943. The molecule has 0 radical (unpaired) electrons. The fraction of sp³-hybridized carbons (Fsp3) is 0.167. The standard InChI is InChI=1S/C12H11N3O/c1-10-14-6-7-15(10)12-4-2-11(3-5-12)8-13-9-16/h2-7H,8H2,1H3. The fourth-order valence-corrected chi connectivity index (χ4v) is 1.54. The van der Waals surface area contributed by atoms with Gasteiger partial charge in [0.15, 0.2) is 0 Å². The number of nitrogens with zero attached hydrogens (tertiary/aromatic N) is 3. The van der Waals surface area contributed by atoms with E-state index in [0.29, 0.717) is 6.54 Å². The summed E-state index contributed by atoms with van der Waals surface area (Å²) in [4.78, 5) is 17.7. The molecule has 0 spiro atoms. The maximum absolute atomic E-state index is 9.97. The van der Waals surface area contributed by atoms with Gasteiger partial charge >= 0.3 is 0 Å². The molecule has 4 heteroatoms. The SMILES string of the molecule is Cc1nccn1-c1ccc(CN=C=O)cc1. The monoisotopic (exact) mass is 213 g/mol. The number of hydrogen-bond donors (Lipinski definition) is 0. The number of carbonyl (C=O) groups excluding carboxylic acids is 1. The van der Waals surface area contributed by atoms with Gasteiger partial charge in [-0.2, -0.15) is 0 Å². The van der Waals surface area contributed by atoms with Crippen LogP contribution >= 0.6 is 0 Å². The van der Waals surface area contributed by atoms with Crippen molar-refractivity contribution in [2.45, 2.75) is 13.5 Å². The normalized spacial score (nSPS) is 9.81. The molecule has 0 N–H and O–H groups in total. The first-order valence-corrected chi connectivity index (χ1v) is 4.94. The van der Waals surface area contributed by atoms with E-state index in [0.717, 1.165) is 17.1 Å². The number of rotatable bonds is 3. The Labute approximate surface area is 93.3 Å². The molecule has 0 amide bonds. The Bertz CT molecular complexity index is 521. The Morgan fingerprint density at radius 2 is 2.12 bits per heavy atom. The highest BCUT2D eigenvalue weighted by molar-refractivity contribution is 5.37. The van der Waals surface area contributed by atoms with Crippen LogP contribution in [-0.4, -0.2) is 15.6 Å². The van der Waals surface area contributed by atoms with E-state index in [1.165, 1.54) is 6.08 Å². The number of isocyanates is 1. The summed E-state index contributed by atoms with van der Waals surface area (Å²) in [6.45, 7) is 2.33. The Morgan fingerprint density at radius 1 is 1.38 bits per heavy atom. The van der Waals surface area contributed by atoms with E-state index in [-0.39, 0.29) is 0 Å². The van der Waals surface area contributed by atoms with Gasteiger partial charge in [-0.05, 0) is 24.6 Å². The third kappa shape index (κ3) is 2.07. The molecule has 0 saturated heterocycles. The van der Waals surface area contributed by atoms with Crippen molar-refractivity contribution in [3.63, 3.8) is 0 Å². The second-order valence-corrected chi connectivity index (χ2v) is 3.42. The molecule has 2 rings (SSSR count). The Morgan fingerprint density at radius 3 is 2.69 bits per heavy atom. The van der Waals surface area contributed by atoms with Crippen molar-refractivity contribution in [2.75, 3.05) is 0 Å². The van der Waals surface area contributed by atoms with Gasteiger partial charge in [0.1, 0.15) is 5.82 Å². The van der Waals surface area contributed by atoms with E-state index in [1.54, 1.807) is 6.20 Å². The molecule has 0 aliphatic carbocycles. The summed E-state index contributed by atoms with van der Waals surface area (Å²) >= 11 is 0. The van der Waals surface area contributed by atoms with Crippen molar-refractivity contribution in [1.82, 2.24) is 9.55 Å². The smallest absolute Gasteiger partial charge is 0.235 e. The maximum Gasteiger partial charge on any atom is 0.235 e. The quantitative estimate of drug-likeness (QED) is 0.578. The highest BCUT2D eigenvalue weighted by Gasteiger charge is 1.99. The van der Waals surface area contributed by atoms with Gasteiger partial charge in [0.2, 0.25) is 6.08 Å². The maximum atomic E-state index is 9.97. The number of benzene rings is 1. The van der Waals surface area contributed by atoms with Gasteiger partial charge in [0.05, 0.1) is 6.54 Å². The molecule has 2 aromatic rings. The van der Waals surface area contributed by atoms with E-state index in [2.05, 4.69) is 9.98 Å². The van der Waals surface area contributed by atoms with Crippen LogP contribution in [0.25, 0.3) is 5.69 Å². The van der Waals surface area contributed by atoms with Crippen molar-refractivity contribution in [3.05, 3.63) is 48.0 Å². The van der Waals surface area contributed by atoms with Gasteiger partial charge in [-0.1, -0.05) is 12.1 Å². The lowest BCUT2D eigenvalue weighted by Gasteiger charge is -2.05. The van der Waals surface area contributed by atoms with Crippen LogP contribution in [0.5, 0.6) is 0 Å². The molecular formula is C12H11N3O. The molecule has 0 aliphatic rings. The lowest BCUT2D eigenvalue weighted by Crippen LogP contribution is -1.95. The predicted molar refractivity (Wildman–Crippen MR) is 60.1 cm³/mol. The van der Waals surface area contributed by atoms with Crippen LogP contribution in [0.2, 0.25) is 0 Å². The molecule has 0 fully saturated rings. The number of aryl methyl sites for hydroxylation is 1. The van der Waals surface area contributed by atoms with Crippen LogP contribution < -0.4 is 0 Å². The third-order valence-corrected chi connectivity index (χ3v) is 2.37. The minimum atomic E-state index is 0.382. The molecule has 0 atom stereocenters. The fourth-order valence-electron chi connectivity index (χ4n) is 1.54. The summed E-state index contributed by atoms with van der Waals surface area (Å²) in [5, 5.41) is 0. The molecule has 1 aromatic carbocycles. The zero-order valence-electron chi connectivity index (χ0n) is 8.92. The molecule has 16 heavy (non-hydrogen) atoms. The second kappa shape index (κ2) is 4.55. The van der Waals surface area contributed by atoms with Gasteiger partial charge in [0, 0.05) is 18.1 Å². The van der Waals surface area contributed by atoms with Gasteiger partial charge < -0.3 is 4.57 Å². The molecule has 1 aromatic heterocycles. The molecule has 0 saturated carbocycles. The van der Waals surface area contributed by atoms with Crippen LogP contribution in [0.4, 0.5) is 0 Å². The van der Waals surface area contributed by atoms with E-state index < -0.39 is 0 Å². The van der Waals surface area contributed by atoms with E-state index in [9.17, 15) is 4.79 Å². The molecule has 0 bridgehead atoms. The summed E-state index contributed by atoms with van der Waals surface area (Å²) in [6, 6.07) is 7.83. The largest absolute Gasteiger partial charge is 0.304 e. The molecule has 80 valence electrons. The van der Waals surface area contributed by atoms with Gasteiger partial charge in [-0.3, -0.25) is 0 Å². The average Bonchev–Trinajstić information content (AvgIpc) is 2.74. The lowest BCUT2D eigenvalue weighted by molar-refractivity contribution is 0.563. The van der Waals surface area contributed by atoms with Gasteiger partial charge in [-0.15, -0.1) is 0 Å². The third-order valence-electron chi connectivity index (χ3n) is 2.37. The van der Waals surface area contributed by atoms with Crippen LogP contribution in [0.1, 0.15) is 11.4 Å². The van der Waals surface area contributed by atoms with Crippen molar-refractivity contribution in [2.24, 2.45) is 4.99 Å². The molecule has 1 heterocycles. The average molecular weight is 213 g/mol. The topological polar surface area (TPSA) is 47.2 Å². The number of imidazole rings is 1. The summed E-state index contributed by atoms with van der Waals surface area (Å²) < 4.78 is 1.99. The number of aliphatic imine (C=N–C) groups is 1. The van der Waals surface area contributed by atoms with Crippen LogP contribution in [0.3, 0.4) is 0 Å². The molecule has 0 aliphatic heterocycles. The zero-order chi connectivity index (χ0) is 11.4. The van der Waals surface area contributed by atoms with Crippen molar-refractivity contribution < 1.29 is 4.79 Å². The van der Waals surface area contributed by atoms with Crippen molar-refractivity contribution in [3.8, 4) is 5.69 Å². The van der Waals surface area contributed by atoms with Crippen LogP contribution in [0.15, 0.2) is 41.7 Å². The van der Waals surface area contributed by atoms with E-state index in [1.807, 2.05) is 42.0 Å². The highest BCUT2D eigenvalue weighted by atomic mass is 16.1. The summed E-state index contributed by atoms with van der Waals surface area (Å²) in [5.41, 5.74) is 2.04. The molecule has 0 unspecified atom stereocenters. The Kier molecular flexibility index (Phi) is 2.94. The highest BCUT2D eigenvalue weighted by Crippen LogP contribution is 2.12.